The van der Waals surface area contributed by atoms with Crippen LogP contribution in [0.5, 0.6) is 0 Å². The highest BCUT2D eigenvalue weighted by molar-refractivity contribution is 7.90. The summed E-state index contributed by atoms with van der Waals surface area (Å²) in [5.74, 6) is -0.279. The van der Waals surface area contributed by atoms with E-state index in [9.17, 15) is 13.2 Å². The van der Waals surface area contributed by atoms with Crippen molar-refractivity contribution >= 4 is 39.0 Å². The van der Waals surface area contributed by atoms with Gasteiger partial charge in [0.2, 0.25) is 0 Å². The molecule has 148 valence electrons. The summed E-state index contributed by atoms with van der Waals surface area (Å²) >= 11 is 6.10. The maximum atomic E-state index is 12.9. The second-order valence-corrected chi connectivity index (χ2v) is 8.64. The lowest BCUT2D eigenvalue weighted by atomic mass is 9.97. The van der Waals surface area contributed by atoms with Gasteiger partial charge in [-0.3, -0.25) is 4.79 Å². The van der Waals surface area contributed by atoms with Crippen molar-refractivity contribution in [3.05, 3.63) is 88.0 Å². The fourth-order valence-electron chi connectivity index (χ4n) is 2.79. The van der Waals surface area contributed by atoms with Gasteiger partial charge in [-0.2, -0.15) is 8.42 Å². The number of halogens is 1. The van der Waals surface area contributed by atoms with Crippen molar-refractivity contribution in [2.24, 2.45) is 9.39 Å². The first-order valence-electron chi connectivity index (χ1n) is 8.84. The Morgan fingerprint density at radius 3 is 2.17 bits per heavy atom. The Hall–Kier alpha value is -2.83. The molecule has 0 amide bonds. The van der Waals surface area contributed by atoms with Gasteiger partial charge in [0.1, 0.15) is 0 Å². The molecule has 7 heteroatoms. The molecule has 0 bridgehead atoms. The molecule has 2 aromatic carbocycles. The molecule has 0 N–H and O–H groups in total. The molecule has 1 aliphatic rings. The largest absolute Gasteiger partial charge is 0.288 e. The standard InChI is InChI=1S/C22H19ClN2O3S/c1-14-9-11-18(12-10-14)29(27,28)25-22(17-7-5-4-6-8-17)24-21-15(2)13-19(26)20(23)16(21)3/h4-13H,1-3H3. The first-order valence-corrected chi connectivity index (χ1v) is 10.7. The van der Waals surface area contributed by atoms with E-state index >= 15 is 0 Å². The Balaban J connectivity index is 2.19. The van der Waals surface area contributed by atoms with Crippen molar-refractivity contribution in [3.63, 3.8) is 0 Å². The number of aliphatic imine (C=N–C) groups is 1. The van der Waals surface area contributed by atoms with Crippen LogP contribution in [0.15, 0.2) is 91.1 Å². The van der Waals surface area contributed by atoms with Crippen molar-refractivity contribution < 1.29 is 13.2 Å². The number of carbonyl (C=O) groups is 1. The van der Waals surface area contributed by atoms with Crippen LogP contribution in [0, 0.1) is 6.92 Å². The molecule has 2 aromatic rings. The highest BCUT2D eigenvalue weighted by Gasteiger charge is 2.22. The topological polar surface area (TPSA) is 75.9 Å². The van der Waals surface area contributed by atoms with Gasteiger partial charge >= 0.3 is 0 Å². The van der Waals surface area contributed by atoms with E-state index in [0.29, 0.717) is 22.4 Å². The number of hydrogen-bond acceptors (Lipinski definition) is 3. The summed E-state index contributed by atoms with van der Waals surface area (Å²) in [6, 6.07) is 15.2. The lowest BCUT2D eigenvalue weighted by Crippen LogP contribution is -2.17. The summed E-state index contributed by atoms with van der Waals surface area (Å²) in [7, 11) is -3.99. The number of rotatable bonds is 3. The molecular formula is C22H19ClN2O3S. The molecule has 1 aliphatic carbocycles. The number of allylic oxidation sites excluding steroid dienone is 4. The normalized spacial score (nSPS) is 17.0. The van der Waals surface area contributed by atoms with Gasteiger partial charge in [-0.15, -0.1) is 4.40 Å². The van der Waals surface area contributed by atoms with E-state index < -0.39 is 10.0 Å². The molecule has 0 saturated heterocycles. The predicted molar refractivity (Wildman–Crippen MR) is 116 cm³/mol. The van der Waals surface area contributed by atoms with Crippen LogP contribution in [0.1, 0.15) is 25.0 Å². The Labute approximate surface area is 175 Å². The van der Waals surface area contributed by atoms with Crippen molar-refractivity contribution in [2.75, 3.05) is 0 Å². The fraction of sp³-hybridized carbons (Fsp3) is 0.136. The summed E-state index contributed by atoms with van der Waals surface area (Å²) in [5, 5.41) is 0.0585. The molecule has 0 radical (unpaired) electrons. The maximum absolute atomic E-state index is 12.9. The number of ketones is 1. The Morgan fingerprint density at radius 2 is 1.55 bits per heavy atom. The number of nitrogens with zero attached hydrogens (tertiary/aromatic N) is 2. The molecular weight excluding hydrogens is 408 g/mol. The second kappa shape index (κ2) is 8.27. The van der Waals surface area contributed by atoms with E-state index in [1.54, 1.807) is 50.2 Å². The number of carbonyl (C=O) groups excluding carboxylic acids is 1. The molecule has 0 aliphatic heterocycles. The Kier molecular flexibility index (Phi) is 5.96. The second-order valence-electron chi connectivity index (χ2n) is 6.66. The van der Waals surface area contributed by atoms with Gasteiger partial charge in [0.15, 0.2) is 11.6 Å². The van der Waals surface area contributed by atoms with E-state index in [1.807, 2.05) is 13.0 Å². The summed E-state index contributed by atoms with van der Waals surface area (Å²) in [4.78, 5) is 16.5. The average molecular weight is 427 g/mol. The van der Waals surface area contributed by atoms with Crippen LogP contribution in [-0.4, -0.2) is 25.7 Å². The van der Waals surface area contributed by atoms with Crippen LogP contribution < -0.4 is 0 Å². The van der Waals surface area contributed by atoms with E-state index in [0.717, 1.165) is 5.56 Å². The zero-order valence-corrected chi connectivity index (χ0v) is 17.8. The minimum Gasteiger partial charge on any atom is -0.288 e. The quantitative estimate of drug-likeness (QED) is 0.408. The first-order chi connectivity index (χ1) is 13.7. The maximum Gasteiger partial charge on any atom is 0.284 e. The average Bonchev–Trinajstić information content (AvgIpc) is 2.69. The molecule has 0 fully saturated rings. The first kappa shape index (κ1) is 20.9. The van der Waals surface area contributed by atoms with Crippen LogP contribution in [0.25, 0.3) is 0 Å². The highest BCUT2D eigenvalue weighted by atomic mass is 35.5. The van der Waals surface area contributed by atoms with Crippen LogP contribution in [-0.2, 0) is 14.8 Å². The monoisotopic (exact) mass is 426 g/mol. The SMILES string of the molecule is CC1=CC(=O)C(Cl)=C(C)C1=NC(=NS(=O)(=O)c1ccc(C)cc1)c1ccccc1. The number of aryl methyl sites for hydroxylation is 1. The van der Waals surface area contributed by atoms with Crippen molar-refractivity contribution in [1.82, 2.24) is 0 Å². The number of benzene rings is 2. The minimum atomic E-state index is -3.99. The Bertz CT molecular complexity index is 1190. The zero-order chi connectivity index (χ0) is 21.2. The van der Waals surface area contributed by atoms with Gasteiger partial charge in [-0.05, 0) is 50.1 Å². The lowest BCUT2D eigenvalue weighted by Gasteiger charge is -2.15. The molecule has 0 atom stereocenters. The van der Waals surface area contributed by atoms with Gasteiger partial charge in [0.05, 0.1) is 15.6 Å². The summed E-state index contributed by atoms with van der Waals surface area (Å²) in [6.07, 6.45) is 1.38. The molecule has 0 heterocycles. The third kappa shape index (κ3) is 4.60. The van der Waals surface area contributed by atoms with Gasteiger partial charge in [-0.1, -0.05) is 59.6 Å². The molecule has 0 spiro atoms. The third-order valence-electron chi connectivity index (χ3n) is 4.40. The minimum absolute atomic E-state index is 0.0205. The van der Waals surface area contributed by atoms with Crippen molar-refractivity contribution in [3.8, 4) is 0 Å². The lowest BCUT2D eigenvalue weighted by molar-refractivity contribution is -0.110. The van der Waals surface area contributed by atoms with Crippen LogP contribution in [0.3, 0.4) is 0 Å². The van der Waals surface area contributed by atoms with Crippen LogP contribution in [0.2, 0.25) is 0 Å². The molecule has 0 saturated carbocycles. The van der Waals surface area contributed by atoms with E-state index in [-0.39, 0.29) is 21.5 Å². The number of hydrogen-bond donors (Lipinski definition) is 0. The van der Waals surface area contributed by atoms with Gasteiger partial charge in [0, 0.05) is 5.56 Å². The number of amidine groups is 1. The van der Waals surface area contributed by atoms with Gasteiger partial charge in [-0.25, -0.2) is 4.99 Å². The summed E-state index contributed by atoms with van der Waals surface area (Å²) in [6.45, 7) is 5.27. The summed E-state index contributed by atoms with van der Waals surface area (Å²) in [5.41, 5.74) is 2.97. The van der Waals surface area contributed by atoms with Crippen LogP contribution >= 0.6 is 11.6 Å². The van der Waals surface area contributed by atoms with E-state index in [2.05, 4.69) is 9.39 Å². The molecule has 29 heavy (non-hydrogen) atoms. The molecule has 0 aromatic heterocycles. The van der Waals surface area contributed by atoms with Crippen LogP contribution in [0.4, 0.5) is 0 Å². The van der Waals surface area contributed by atoms with Gasteiger partial charge in [0.25, 0.3) is 10.0 Å². The predicted octanol–water partition coefficient (Wildman–Crippen LogP) is 4.61. The molecule has 0 unspecified atom stereocenters. The zero-order valence-electron chi connectivity index (χ0n) is 16.2. The van der Waals surface area contributed by atoms with Crippen molar-refractivity contribution in [1.29, 1.82) is 0 Å². The van der Waals surface area contributed by atoms with E-state index in [4.69, 9.17) is 11.6 Å². The van der Waals surface area contributed by atoms with E-state index in [1.165, 1.54) is 18.2 Å². The highest BCUT2D eigenvalue weighted by Crippen LogP contribution is 2.24. The molecule has 5 nitrogen and oxygen atoms in total. The Morgan fingerprint density at radius 1 is 0.931 bits per heavy atom. The summed E-state index contributed by atoms with van der Waals surface area (Å²) < 4.78 is 29.8. The van der Waals surface area contributed by atoms with Gasteiger partial charge < -0.3 is 0 Å². The van der Waals surface area contributed by atoms with Crippen molar-refractivity contribution in [2.45, 2.75) is 25.7 Å². The molecule has 3 rings (SSSR count). The smallest absolute Gasteiger partial charge is 0.284 e. The number of sulfonamides is 1. The fourth-order valence-corrected chi connectivity index (χ4v) is 3.90. The third-order valence-corrected chi connectivity index (χ3v) is 6.15.